The van der Waals surface area contributed by atoms with Crippen LogP contribution in [0.1, 0.15) is 32.2 Å². The number of benzene rings is 5. The van der Waals surface area contributed by atoms with Gasteiger partial charge in [0.2, 0.25) is 0 Å². The number of nitrogens with zero attached hydrogens (tertiary/aromatic N) is 4. The van der Waals surface area contributed by atoms with Crippen LogP contribution in [0.3, 0.4) is 0 Å². The maximum Gasteiger partial charge on any atom is 0.164 e. The molecule has 1 heterocycles. The number of hydrogen-bond donors (Lipinski definition) is 0. The Morgan fingerprint density at radius 2 is 1.24 bits per heavy atom. The Bertz CT molecular complexity index is 2250. The lowest BCUT2D eigenvalue weighted by Crippen LogP contribution is -2.02. The monoisotopic (exact) mass is 634 g/mol. The molecule has 0 radical (unpaired) electrons. The lowest BCUT2D eigenvalue weighted by atomic mass is 9.94. The molecule has 0 atom stereocenters. The Morgan fingerprint density at radius 3 is 1.98 bits per heavy atom. The summed E-state index contributed by atoms with van der Waals surface area (Å²) in [5.74, 6) is 1.72. The van der Waals surface area contributed by atoms with E-state index in [9.17, 15) is 0 Å². The van der Waals surface area contributed by atoms with Crippen molar-refractivity contribution >= 4 is 28.6 Å². The molecule has 5 aromatic carbocycles. The van der Waals surface area contributed by atoms with Crippen LogP contribution < -0.4 is 0 Å². The third kappa shape index (κ3) is 8.19. The summed E-state index contributed by atoms with van der Waals surface area (Å²) in [6.45, 7) is 10.2. The zero-order chi connectivity index (χ0) is 34.0. The standard InChI is InChI=1S/C45H38N4/c1-5-7-9-15-32(3)43-47-44(37-19-10-8-11-20-37)49-45(48-43)42-30-40(36-24-22-34(23-25-36)17-14-16-33(4)46-6-2)29-41(31-42)39-27-26-35-18-12-13-21-38(35)28-39/h5-31H,3H2,1-2,4H3/b7-5-,15-9-,17-14+,33-16-,46-6?. The molecule has 4 nitrogen and oxygen atoms in total. The van der Waals surface area contributed by atoms with Crippen LogP contribution in [-0.2, 0) is 0 Å². The molecule has 0 fully saturated rings. The fourth-order valence-electron chi connectivity index (χ4n) is 5.51. The first-order valence-corrected chi connectivity index (χ1v) is 16.4. The molecule has 6 rings (SSSR count). The molecule has 0 N–H and O–H groups in total. The van der Waals surface area contributed by atoms with Crippen LogP contribution in [0.25, 0.3) is 67.5 Å². The summed E-state index contributed by atoms with van der Waals surface area (Å²) in [5, 5.41) is 2.40. The highest BCUT2D eigenvalue weighted by molar-refractivity contribution is 5.89. The molecule has 0 unspecified atom stereocenters. The van der Waals surface area contributed by atoms with Crippen molar-refractivity contribution < 1.29 is 0 Å². The lowest BCUT2D eigenvalue weighted by Gasteiger charge is -2.13. The van der Waals surface area contributed by atoms with Gasteiger partial charge in [0.05, 0.1) is 0 Å². The minimum absolute atomic E-state index is 0.535. The second-order valence-electron chi connectivity index (χ2n) is 11.6. The zero-order valence-corrected chi connectivity index (χ0v) is 28.1. The minimum Gasteiger partial charge on any atom is -0.266 e. The van der Waals surface area contributed by atoms with E-state index < -0.39 is 0 Å². The van der Waals surface area contributed by atoms with E-state index in [2.05, 4.69) is 103 Å². The van der Waals surface area contributed by atoms with Crippen LogP contribution in [0.2, 0.25) is 0 Å². The third-order valence-electron chi connectivity index (χ3n) is 8.03. The Hall–Kier alpha value is -6.26. The molecule has 0 amide bonds. The van der Waals surface area contributed by atoms with Crippen LogP contribution >= 0.6 is 0 Å². The molecule has 6 aromatic rings. The Labute approximate surface area is 289 Å². The maximum absolute atomic E-state index is 5.02. The molecule has 0 aliphatic rings. The van der Waals surface area contributed by atoms with Gasteiger partial charge < -0.3 is 0 Å². The van der Waals surface area contributed by atoms with Gasteiger partial charge in [0.1, 0.15) is 0 Å². The van der Waals surface area contributed by atoms with Crippen LogP contribution in [0.5, 0.6) is 0 Å². The van der Waals surface area contributed by atoms with Crippen molar-refractivity contribution in [1.29, 1.82) is 0 Å². The number of rotatable bonds is 10. The summed E-state index contributed by atoms with van der Waals surface area (Å²) >= 11 is 0. The predicted octanol–water partition coefficient (Wildman–Crippen LogP) is 11.8. The molecular weight excluding hydrogens is 597 g/mol. The van der Waals surface area contributed by atoms with Gasteiger partial charge in [-0.3, -0.25) is 4.99 Å². The van der Waals surface area contributed by atoms with Gasteiger partial charge in [-0.1, -0.05) is 134 Å². The summed E-state index contributed by atoms with van der Waals surface area (Å²) in [4.78, 5) is 19.2. The average molecular weight is 635 g/mol. The second kappa shape index (κ2) is 15.6. The summed E-state index contributed by atoms with van der Waals surface area (Å²) in [6, 6.07) is 40.2. The number of aromatic nitrogens is 3. The first kappa shape index (κ1) is 32.7. The largest absolute Gasteiger partial charge is 0.266 e. The minimum atomic E-state index is 0.535. The van der Waals surface area contributed by atoms with Gasteiger partial charge in [-0.2, -0.15) is 0 Å². The summed E-state index contributed by atoms with van der Waals surface area (Å²) in [6.07, 6.45) is 15.7. The van der Waals surface area contributed by atoms with Crippen LogP contribution in [-0.4, -0.2) is 21.2 Å². The Morgan fingerprint density at radius 1 is 0.592 bits per heavy atom. The SMILES string of the molecule is C=C(/C=C\C=C/C)c1nc(-c2ccccc2)nc(-c2cc(-c3ccc(/C=C/C=C(/C)N=CC)cc3)cc(-c3ccc4ccccc4c3)c2)n1. The van der Waals surface area contributed by atoms with Crippen molar-refractivity contribution in [3.63, 3.8) is 0 Å². The van der Waals surface area contributed by atoms with Crippen molar-refractivity contribution in [3.8, 4) is 45.0 Å². The highest BCUT2D eigenvalue weighted by atomic mass is 15.0. The predicted molar refractivity (Wildman–Crippen MR) is 209 cm³/mol. The summed E-state index contributed by atoms with van der Waals surface area (Å²) in [5.41, 5.74) is 8.95. The molecule has 49 heavy (non-hydrogen) atoms. The molecule has 1 aromatic heterocycles. The third-order valence-corrected chi connectivity index (χ3v) is 8.03. The molecule has 0 bridgehead atoms. The maximum atomic E-state index is 5.02. The smallest absolute Gasteiger partial charge is 0.164 e. The number of hydrogen-bond acceptors (Lipinski definition) is 4. The number of aliphatic imine (C=N–C) groups is 1. The van der Waals surface area contributed by atoms with E-state index in [4.69, 9.17) is 15.0 Å². The zero-order valence-electron chi connectivity index (χ0n) is 28.1. The van der Waals surface area contributed by atoms with Crippen molar-refractivity contribution in [2.75, 3.05) is 0 Å². The Kier molecular flexibility index (Phi) is 10.4. The molecule has 0 aliphatic carbocycles. The normalized spacial score (nSPS) is 12.3. The van der Waals surface area contributed by atoms with Gasteiger partial charge >= 0.3 is 0 Å². The topological polar surface area (TPSA) is 51.0 Å². The Balaban J connectivity index is 1.49. The highest BCUT2D eigenvalue weighted by Gasteiger charge is 2.15. The second-order valence-corrected chi connectivity index (χ2v) is 11.6. The molecule has 0 spiro atoms. The molecular formula is C45H38N4. The van der Waals surface area contributed by atoms with Gasteiger partial charge in [0.25, 0.3) is 0 Å². The van der Waals surface area contributed by atoms with E-state index in [0.717, 1.165) is 44.6 Å². The van der Waals surface area contributed by atoms with E-state index in [1.165, 1.54) is 10.8 Å². The van der Waals surface area contributed by atoms with Crippen molar-refractivity contribution in [2.45, 2.75) is 20.8 Å². The number of allylic oxidation sites excluding steroid dienone is 8. The van der Waals surface area contributed by atoms with Crippen LogP contribution in [0.4, 0.5) is 0 Å². The van der Waals surface area contributed by atoms with Gasteiger partial charge in [0, 0.05) is 28.6 Å². The van der Waals surface area contributed by atoms with Gasteiger partial charge in [-0.25, -0.2) is 15.0 Å². The fraction of sp³-hybridized carbons (Fsp3) is 0.0667. The summed E-state index contributed by atoms with van der Waals surface area (Å²) in [7, 11) is 0. The van der Waals surface area contributed by atoms with Crippen LogP contribution in [0.15, 0.2) is 169 Å². The molecule has 0 saturated carbocycles. The molecule has 0 saturated heterocycles. The van der Waals surface area contributed by atoms with E-state index in [0.29, 0.717) is 23.0 Å². The van der Waals surface area contributed by atoms with E-state index in [-0.39, 0.29) is 0 Å². The van der Waals surface area contributed by atoms with Crippen molar-refractivity contribution in [1.82, 2.24) is 15.0 Å². The molecule has 238 valence electrons. The number of fused-ring (bicyclic) bond motifs is 1. The highest BCUT2D eigenvalue weighted by Crippen LogP contribution is 2.34. The fourth-order valence-corrected chi connectivity index (χ4v) is 5.51. The molecule has 4 heteroatoms. The van der Waals surface area contributed by atoms with E-state index in [1.54, 1.807) is 6.21 Å². The quantitative estimate of drug-likeness (QED) is 0.111. The van der Waals surface area contributed by atoms with E-state index >= 15 is 0 Å². The van der Waals surface area contributed by atoms with Gasteiger partial charge in [-0.05, 0) is 89.7 Å². The lowest BCUT2D eigenvalue weighted by molar-refractivity contribution is 1.04. The average Bonchev–Trinajstić information content (AvgIpc) is 3.15. The summed E-state index contributed by atoms with van der Waals surface area (Å²) < 4.78 is 0. The first-order chi connectivity index (χ1) is 24.0. The van der Waals surface area contributed by atoms with Crippen molar-refractivity contribution in [2.24, 2.45) is 4.99 Å². The van der Waals surface area contributed by atoms with Gasteiger partial charge in [0.15, 0.2) is 17.5 Å². The van der Waals surface area contributed by atoms with E-state index in [1.807, 2.05) is 87.6 Å². The molecule has 0 aliphatic heterocycles. The van der Waals surface area contributed by atoms with Crippen molar-refractivity contribution in [3.05, 3.63) is 175 Å². The van der Waals surface area contributed by atoms with Gasteiger partial charge in [-0.15, -0.1) is 0 Å². The first-order valence-electron chi connectivity index (χ1n) is 16.4. The van der Waals surface area contributed by atoms with Crippen LogP contribution in [0, 0.1) is 0 Å².